The highest BCUT2D eigenvalue weighted by atomic mass is 16.5. The Hall–Kier alpha value is -2.39. The van der Waals surface area contributed by atoms with E-state index in [2.05, 4.69) is 9.97 Å². The number of imidazole rings is 1. The van der Waals surface area contributed by atoms with Crippen molar-refractivity contribution < 1.29 is 14.3 Å². The molecule has 1 aromatic heterocycles. The van der Waals surface area contributed by atoms with Crippen LogP contribution in [0, 0.1) is 0 Å². The van der Waals surface area contributed by atoms with Gasteiger partial charge in [0, 0.05) is 18.8 Å². The van der Waals surface area contributed by atoms with E-state index in [1.165, 1.54) is 18.5 Å². The van der Waals surface area contributed by atoms with Gasteiger partial charge in [0.1, 0.15) is 5.94 Å². The van der Waals surface area contributed by atoms with Crippen molar-refractivity contribution in [3.8, 4) is 6.01 Å². The van der Waals surface area contributed by atoms with Crippen LogP contribution in [0.4, 0.5) is 0 Å². The average molecular weight is 216 g/mol. The molecule has 0 fully saturated rings. The number of allylic oxidation sites excluding steroid dienone is 3. The largest absolute Gasteiger partial charge is 0.388 e. The highest BCUT2D eigenvalue weighted by molar-refractivity contribution is 5.98. The number of rotatable bonds is 2. The van der Waals surface area contributed by atoms with E-state index in [0.717, 1.165) is 0 Å². The Balaban J connectivity index is 2.18. The van der Waals surface area contributed by atoms with Gasteiger partial charge in [-0.25, -0.2) is 14.6 Å². The van der Waals surface area contributed by atoms with Crippen molar-refractivity contribution in [2.45, 2.75) is 6.42 Å². The number of aromatic amines is 1. The van der Waals surface area contributed by atoms with E-state index >= 15 is 0 Å². The molecule has 5 heteroatoms. The molecule has 0 atom stereocenters. The lowest BCUT2D eigenvalue weighted by Gasteiger charge is -2.07. The molecule has 0 amide bonds. The molecule has 16 heavy (non-hydrogen) atoms. The van der Waals surface area contributed by atoms with Crippen molar-refractivity contribution in [2.24, 2.45) is 0 Å². The summed E-state index contributed by atoms with van der Waals surface area (Å²) >= 11 is 0. The van der Waals surface area contributed by atoms with Gasteiger partial charge in [0.05, 0.1) is 11.1 Å². The van der Waals surface area contributed by atoms with Crippen LogP contribution in [0.15, 0.2) is 41.8 Å². The number of aromatic nitrogens is 2. The van der Waals surface area contributed by atoms with Gasteiger partial charge in [0.25, 0.3) is 0 Å². The van der Waals surface area contributed by atoms with Crippen LogP contribution in [0.5, 0.6) is 6.01 Å². The van der Waals surface area contributed by atoms with Gasteiger partial charge in [-0.05, 0) is 6.08 Å². The number of nitrogens with zero attached hydrogens (tertiary/aromatic N) is 1. The van der Waals surface area contributed by atoms with Crippen molar-refractivity contribution in [2.75, 3.05) is 0 Å². The molecule has 5 nitrogen and oxygen atoms in total. The molecule has 1 N–H and O–H groups in total. The summed E-state index contributed by atoms with van der Waals surface area (Å²) in [5.74, 6) is 1.12. The van der Waals surface area contributed by atoms with E-state index in [0.29, 0.717) is 12.0 Å². The van der Waals surface area contributed by atoms with Crippen molar-refractivity contribution in [3.63, 3.8) is 0 Å². The molecule has 80 valence electrons. The van der Waals surface area contributed by atoms with Gasteiger partial charge in [-0.1, -0.05) is 12.2 Å². The number of carbonyl (C=O) groups excluding carboxylic acids is 2. The van der Waals surface area contributed by atoms with E-state index in [4.69, 9.17) is 4.74 Å². The molecule has 1 aliphatic carbocycles. The highest BCUT2D eigenvalue weighted by Gasteiger charge is 2.19. The maximum atomic E-state index is 11.7. The first-order chi connectivity index (χ1) is 7.81. The monoisotopic (exact) mass is 216 g/mol. The number of carbonyl (C=O) groups is 1. The zero-order valence-electron chi connectivity index (χ0n) is 8.27. The number of H-pyrrole nitrogens is 1. The molecule has 1 heterocycles. The summed E-state index contributed by atoms with van der Waals surface area (Å²) in [6.07, 6.45) is 8.38. The fourth-order valence-corrected chi connectivity index (χ4v) is 1.30. The summed E-state index contributed by atoms with van der Waals surface area (Å²) in [7, 11) is 0. The fraction of sp³-hybridized carbons (Fsp3) is 0.0909. The Morgan fingerprint density at radius 3 is 3.12 bits per heavy atom. The number of hydrogen-bond acceptors (Lipinski definition) is 4. The Labute approximate surface area is 91.1 Å². The molecular formula is C11H8N2O3. The molecule has 0 spiro atoms. The summed E-state index contributed by atoms with van der Waals surface area (Å²) < 4.78 is 4.92. The van der Waals surface area contributed by atoms with Gasteiger partial charge in [-0.3, -0.25) is 0 Å². The molecule has 0 unspecified atom stereocenters. The molecule has 0 bridgehead atoms. The Morgan fingerprint density at radius 2 is 2.44 bits per heavy atom. The zero-order valence-corrected chi connectivity index (χ0v) is 8.27. The first-order valence-corrected chi connectivity index (χ1v) is 4.64. The second-order valence-corrected chi connectivity index (χ2v) is 3.08. The number of nitrogens with one attached hydrogen (secondary N) is 1. The highest BCUT2D eigenvalue weighted by Crippen LogP contribution is 2.18. The van der Waals surface area contributed by atoms with Crippen LogP contribution in [0.3, 0.4) is 0 Å². The predicted octanol–water partition coefficient (Wildman–Crippen LogP) is 0.959. The molecule has 0 aliphatic heterocycles. The van der Waals surface area contributed by atoms with E-state index in [1.54, 1.807) is 18.1 Å². The summed E-state index contributed by atoms with van der Waals surface area (Å²) in [6.45, 7) is 0. The summed E-state index contributed by atoms with van der Waals surface area (Å²) in [5.41, 5.74) is 0.507. The quantitative estimate of drug-likeness (QED) is 0.590. The molecule has 1 aromatic rings. The van der Waals surface area contributed by atoms with Gasteiger partial charge < -0.3 is 9.72 Å². The van der Waals surface area contributed by atoms with Crippen LogP contribution in [-0.4, -0.2) is 21.9 Å². The van der Waals surface area contributed by atoms with Crippen molar-refractivity contribution in [3.05, 3.63) is 41.8 Å². The normalized spacial score (nSPS) is 14.2. The maximum absolute atomic E-state index is 11.7. The minimum absolute atomic E-state index is 0.103. The first kappa shape index (κ1) is 10.1. The van der Waals surface area contributed by atoms with E-state index in [1.807, 2.05) is 0 Å². The average Bonchev–Trinajstić information content (AvgIpc) is 2.81. The molecule has 2 rings (SSSR count). The number of esters is 1. The number of ether oxygens (including phenoxy) is 1. The Kier molecular flexibility index (Phi) is 2.80. The minimum atomic E-state index is -0.613. The van der Waals surface area contributed by atoms with Crippen LogP contribution >= 0.6 is 0 Å². The van der Waals surface area contributed by atoms with E-state index in [9.17, 15) is 9.59 Å². The summed E-state index contributed by atoms with van der Waals surface area (Å²) in [4.78, 5) is 28.6. The lowest BCUT2D eigenvalue weighted by atomic mass is 10.00. The lowest BCUT2D eigenvalue weighted by molar-refractivity contribution is -0.130. The van der Waals surface area contributed by atoms with Crippen molar-refractivity contribution in [1.82, 2.24) is 9.97 Å². The molecule has 0 saturated carbocycles. The molecule has 0 saturated heterocycles. The van der Waals surface area contributed by atoms with Crippen LogP contribution in [0.1, 0.15) is 6.42 Å². The topological polar surface area (TPSA) is 72.1 Å². The molecule has 0 aromatic carbocycles. The third-order valence-corrected chi connectivity index (χ3v) is 2.05. The number of hydrogen-bond donors (Lipinski definition) is 1. The third-order valence-electron chi connectivity index (χ3n) is 2.05. The van der Waals surface area contributed by atoms with Gasteiger partial charge in [0.2, 0.25) is 0 Å². The molecular weight excluding hydrogens is 208 g/mol. The lowest BCUT2D eigenvalue weighted by Crippen LogP contribution is -2.15. The van der Waals surface area contributed by atoms with Crippen molar-refractivity contribution in [1.29, 1.82) is 0 Å². The van der Waals surface area contributed by atoms with Crippen LogP contribution < -0.4 is 4.74 Å². The van der Waals surface area contributed by atoms with Crippen molar-refractivity contribution >= 4 is 11.9 Å². The van der Waals surface area contributed by atoms with Crippen LogP contribution in [0.25, 0.3) is 0 Å². The van der Waals surface area contributed by atoms with Gasteiger partial charge in [-0.2, -0.15) is 0 Å². The fourth-order valence-electron chi connectivity index (χ4n) is 1.30. The smallest absolute Gasteiger partial charge is 0.346 e. The van der Waals surface area contributed by atoms with E-state index < -0.39 is 5.97 Å². The van der Waals surface area contributed by atoms with E-state index in [-0.39, 0.29) is 11.6 Å². The first-order valence-electron chi connectivity index (χ1n) is 4.64. The summed E-state index contributed by atoms with van der Waals surface area (Å²) in [5, 5.41) is 0. The second-order valence-electron chi connectivity index (χ2n) is 3.08. The third kappa shape index (κ3) is 1.99. The van der Waals surface area contributed by atoms with Gasteiger partial charge in [0.15, 0.2) is 0 Å². The SMILES string of the molecule is O=C=C1CC=CC=C1C(=O)Oc1ncc[nH]1. The summed E-state index contributed by atoms with van der Waals surface area (Å²) in [6, 6.07) is 0.103. The molecule has 0 radical (unpaired) electrons. The maximum Gasteiger partial charge on any atom is 0.346 e. The van der Waals surface area contributed by atoms with Gasteiger partial charge in [-0.15, -0.1) is 0 Å². The van der Waals surface area contributed by atoms with Gasteiger partial charge >= 0.3 is 12.0 Å². The Morgan fingerprint density at radius 1 is 1.56 bits per heavy atom. The van der Waals surface area contributed by atoms with Crippen LogP contribution in [-0.2, 0) is 9.59 Å². The Bertz CT molecular complexity index is 505. The zero-order chi connectivity index (χ0) is 11.4. The molecule has 1 aliphatic rings. The second kappa shape index (κ2) is 4.42. The van der Waals surface area contributed by atoms with Crippen LogP contribution in [0.2, 0.25) is 0 Å². The minimum Gasteiger partial charge on any atom is -0.388 e. The standard InChI is InChI=1S/C11H8N2O3/c14-7-8-3-1-2-4-9(8)10(15)16-11-12-5-6-13-11/h1-2,4-6H,3H2,(H,12,13). The predicted molar refractivity (Wildman–Crippen MR) is 55.3 cm³/mol.